The molecule has 0 radical (unpaired) electrons. The number of aromatic amines is 2. The molecule has 0 aromatic carbocycles. The number of carboxylic acids is 3. The number of unbranched alkanes of at least 4 members (excludes halogenated alkanes) is 1. The fourth-order valence-corrected chi connectivity index (χ4v) is 13.9. The summed E-state index contributed by atoms with van der Waals surface area (Å²) >= 11 is 0. The van der Waals surface area contributed by atoms with Crippen molar-refractivity contribution in [2.75, 3.05) is 32.8 Å². The minimum absolute atomic E-state index is 0.0427. The molecule has 2 aromatic heterocycles. The zero-order chi connectivity index (χ0) is 114. The lowest BCUT2D eigenvalue weighted by atomic mass is 9.96. The van der Waals surface area contributed by atoms with Gasteiger partial charge in [0, 0.05) is 75.9 Å². The quantitative estimate of drug-likeness (QED) is 0.00961. The van der Waals surface area contributed by atoms with Crippen molar-refractivity contribution in [3.05, 3.63) is 36.4 Å². The van der Waals surface area contributed by atoms with Crippen molar-refractivity contribution in [3.63, 3.8) is 0 Å². The van der Waals surface area contributed by atoms with Crippen LogP contribution in [0.5, 0.6) is 0 Å². The van der Waals surface area contributed by atoms with E-state index in [0.717, 1.165) is 13.8 Å². The topological polar surface area (TPSA) is 1000 Å². The first-order valence-electron chi connectivity index (χ1n) is 47.9. The van der Waals surface area contributed by atoms with Crippen LogP contribution in [0.15, 0.2) is 25.0 Å². The highest BCUT2D eigenvalue weighted by atomic mass is 16.4. The van der Waals surface area contributed by atoms with Gasteiger partial charge in [-0.2, -0.15) is 0 Å². The molecule has 0 fully saturated rings. The number of imidazole rings is 2. The highest BCUT2D eigenvalue weighted by molar-refractivity contribution is 6.03. The number of nitrogens with one attached hydrogen (secondary N) is 25. The number of aliphatic hydroxyl groups excluding tert-OH is 1. The van der Waals surface area contributed by atoms with Crippen LogP contribution in [0.3, 0.4) is 0 Å². The monoisotopic (exact) mass is 2130 g/mol. The number of rotatable bonds is 72. The van der Waals surface area contributed by atoms with Gasteiger partial charge in [-0.1, -0.05) is 54.4 Å². The number of nitrogens with two attached hydrogens (primary N) is 5. The van der Waals surface area contributed by atoms with Crippen molar-refractivity contribution < 1.29 is 145 Å². The Hall–Kier alpha value is -16.2. The van der Waals surface area contributed by atoms with Crippen molar-refractivity contribution in [2.45, 2.75) is 301 Å². The Kier molecular flexibility index (Phi) is 57.8. The minimum Gasteiger partial charge on any atom is -0.481 e. The minimum atomic E-state index is -2.04. The first-order chi connectivity index (χ1) is 70.4. The number of H-pyrrole nitrogens is 2. The van der Waals surface area contributed by atoms with E-state index in [0.29, 0.717) is 12.8 Å². The van der Waals surface area contributed by atoms with E-state index in [1.807, 2.05) is 0 Å². The Morgan fingerprint density at radius 1 is 0.340 bits per heavy atom. The molecule has 0 aliphatic rings. The van der Waals surface area contributed by atoms with Crippen molar-refractivity contribution in [2.24, 2.45) is 46.5 Å². The third-order valence-corrected chi connectivity index (χ3v) is 22.8. The first kappa shape index (κ1) is 130. The van der Waals surface area contributed by atoms with Crippen molar-refractivity contribution in [3.8, 4) is 0 Å². The molecule has 2 heterocycles. The summed E-state index contributed by atoms with van der Waals surface area (Å²) in [6.45, 7) is 14.3. The summed E-state index contributed by atoms with van der Waals surface area (Å²) in [6.07, 6.45) is -0.684. The molecule has 0 bridgehead atoms. The number of hydrazine groups is 1. The summed E-state index contributed by atoms with van der Waals surface area (Å²) in [7, 11) is 0. The number of amides is 23. The van der Waals surface area contributed by atoms with Gasteiger partial charge in [0.2, 0.25) is 136 Å². The molecule has 39 N–H and O–H groups in total. The van der Waals surface area contributed by atoms with Gasteiger partial charge in [-0.25, -0.2) is 14.8 Å². The lowest BCUT2D eigenvalue weighted by Crippen LogP contribution is -2.61. The first-order valence-corrected chi connectivity index (χ1v) is 47.9. The zero-order valence-corrected chi connectivity index (χ0v) is 85.2. The van der Waals surface area contributed by atoms with E-state index in [9.17, 15) is 145 Å². The molecule has 0 saturated heterocycles. The highest BCUT2D eigenvalue weighted by Gasteiger charge is 2.41. The number of aromatic nitrogens is 4. The van der Waals surface area contributed by atoms with E-state index in [4.69, 9.17) is 34.2 Å². The molecule has 23 amide bonds. The number of carbonyl (C=O) groups is 26. The van der Waals surface area contributed by atoms with Crippen LogP contribution in [-0.2, 0) is 137 Å². The lowest BCUT2D eigenvalue weighted by Gasteiger charge is -2.29. The Labute approximate surface area is 860 Å². The van der Waals surface area contributed by atoms with Gasteiger partial charge in [0.15, 0.2) is 5.96 Å². The molecule has 836 valence electrons. The molecule has 0 aliphatic carbocycles. The van der Waals surface area contributed by atoms with Crippen LogP contribution in [-0.4, -0.2) is 342 Å². The Bertz CT molecular complexity index is 5010. The zero-order valence-electron chi connectivity index (χ0n) is 85.2. The fourth-order valence-electron chi connectivity index (χ4n) is 13.9. The Morgan fingerprint density at radius 3 is 1.07 bits per heavy atom. The molecule has 2 aromatic rings. The Balaban J connectivity index is 2.33. The van der Waals surface area contributed by atoms with E-state index in [1.165, 1.54) is 73.5 Å². The van der Waals surface area contributed by atoms with Crippen molar-refractivity contribution in [1.82, 2.24) is 137 Å². The molecule has 62 nitrogen and oxygen atoms in total. The average Bonchev–Trinajstić information content (AvgIpc) is 1.72. The largest absolute Gasteiger partial charge is 0.481 e. The van der Waals surface area contributed by atoms with Crippen LogP contribution in [0, 0.1) is 23.2 Å². The number of hydrogen-bond acceptors (Lipinski definition) is 32. The molecule has 20 atom stereocenters. The summed E-state index contributed by atoms with van der Waals surface area (Å²) in [5.41, 5.74) is 24.1. The van der Waals surface area contributed by atoms with Gasteiger partial charge in [-0.05, 0) is 104 Å². The van der Waals surface area contributed by atoms with E-state index < -0.39 is 345 Å². The molecule has 0 aliphatic heterocycles. The number of aliphatic hydroxyl groups is 1. The Morgan fingerprint density at radius 2 is 0.673 bits per heavy atom. The van der Waals surface area contributed by atoms with Gasteiger partial charge in [0.05, 0.1) is 45.2 Å². The predicted octanol–water partition coefficient (Wildman–Crippen LogP) is -13.5. The highest BCUT2D eigenvalue weighted by Crippen LogP contribution is 2.17. The summed E-state index contributed by atoms with van der Waals surface area (Å²) < 4.78 is 0. The van der Waals surface area contributed by atoms with Gasteiger partial charge in [-0.3, -0.25) is 137 Å². The third-order valence-electron chi connectivity index (χ3n) is 22.8. The van der Waals surface area contributed by atoms with Crippen molar-refractivity contribution in [1.29, 1.82) is 5.41 Å². The third kappa shape index (κ3) is 49.3. The summed E-state index contributed by atoms with van der Waals surface area (Å²) in [5, 5.41) is 96.4. The van der Waals surface area contributed by atoms with Gasteiger partial charge >= 0.3 is 17.9 Å². The molecule has 62 heteroatoms. The number of aliphatic carboxylic acids is 3. The average molecular weight is 2130 g/mol. The molecule has 0 saturated carbocycles. The van der Waals surface area contributed by atoms with E-state index in [2.05, 4.69) is 137 Å². The van der Waals surface area contributed by atoms with E-state index >= 15 is 0 Å². The maximum Gasteiger partial charge on any atom is 0.326 e. The number of carboxylic acid groups (broad SMARTS) is 3. The summed E-state index contributed by atoms with van der Waals surface area (Å²) in [5.74, 6) is -26.3. The van der Waals surface area contributed by atoms with Crippen LogP contribution in [0.4, 0.5) is 0 Å². The molecular weight excluding hydrogens is 1990 g/mol. The van der Waals surface area contributed by atoms with E-state index in [1.54, 1.807) is 20.8 Å². The van der Waals surface area contributed by atoms with Crippen molar-refractivity contribution >= 4 is 160 Å². The van der Waals surface area contributed by atoms with E-state index in [-0.39, 0.29) is 81.9 Å². The SMILES string of the molecule is CC[C@H](C)[C@H](NC(=O)[C@H](CCCCNC(=O)CNN)NC(C)=O)C(=O)N[C@@H](CO)C(=O)N[C@@H](CCC(N)=O)C(=O)N[C@@H](C)C(=O)N[C@H](C(=O)N[C@@H](Cc1cnc[nH]1)C(=O)N[C@@H](C)C(=O)N[C@@H](C)C(=O)N[C@@H](Cc1cnc[nH]1)C(=O)N[C@@H](C)C(=O)N[C@@H](CCC(=O)O)C(=O)N[C@H](C(=O)N[C@@H](CC(N)=O)C(=O)N[C@@H](CCC(=O)O)C(=O)N[C@@H](C)C(=O)NCC(=O)N[C@@H](CC(N)=O)C(=O)N[C@@H](CCCNC(=N)N)C(=O)O)[C@@H](C)CC)C(C)C. The standard InChI is InChI=1S/C88H144N32O30/c1-13-40(5)68(85(147)116-58(31-62(91)125)82(144)111-52(21-24-65(128)129)76(138)104-42(7)70(132)99-34-64(127)109-57(30-61(90)124)81(143)113-54(87(149)150)19-17-27-98-88(92)93)120-78(140)53(22-25-66(130)131)110-72(134)45(10)107-79(141)55(28-48-32-95-37-100-48)114-73(135)44(9)103-71(133)43(8)106-80(142)56(29-49-33-96-38-101-49)115-84(146)67(39(3)4)118-74(136)46(11)105-75(137)51(20-23-60(89)123)112-83(145)59(36-121)117-86(148)69(41(6)14-2)119-77(139)50(108-47(12)122)18-15-16-26-97-63(126)35-102-94/h32-33,37-46,50-59,67-69,102,121H,13-31,34-36,94H2,1-12H3,(H2,89,123)(H2,90,124)(H2,91,125)(H,95,100)(H,96,101)(H,97,126)(H,99,132)(H,103,133)(H,104,138)(H,105,137)(H,106,142)(H,107,141)(H,108,122)(H,109,127)(H,110,134)(H,111,144)(H,112,145)(H,113,143)(H,114,135)(H,115,146)(H,116,147)(H,117,148)(H,118,136)(H,119,139)(H,120,140)(H,128,129)(H,130,131)(H,149,150)(H4,92,93,98)/t40-,41-,42-,43-,44-,45-,46-,50-,51-,52-,53-,54-,55-,56-,57-,58-,59-,67-,68-,69-/m0/s1. The summed E-state index contributed by atoms with van der Waals surface area (Å²) in [6, 6.07) is -29.6. The number of hydrogen-bond donors (Lipinski definition) is 34. The maximum absolute atomic E-state index is 14.4. The number of primary amides is 3. The normalized spacial score (nSPS) is 15.0. The van der Waals surface area contributed by atoms with Gasteiger partial charge in [-0.15, -0.1) is 0 Å². The second kappa shape index (κ2) is 66.8. The lowest BCUT2D eigenvalue weighted by molar-refractivity contribution is -0.142. The van der Waals surface area contributed by atoms with Crippen LogP contribution < -0.4 is 146 Å². The maximum atomic E-state index is 14.4. The van der Waals surface area contributed by atoms with Crippen LogP contribution >= 0.6 is 0 Å². The molecule has 0 spiro atoms. The number of guanidine groups is 1. The second-order valence-electron chi connectivity index (χ2n) is 35.7. The second-order valence-corrected chi connectivity index (χ2v) is 35.7. The van der Waals surface area contributed by atoms with Gasteiger partial charge in [0.1, 0.15) is 109 Å². The van der Waals surface area contributed by atoms with Crippen LogP contribution in [0.25, 0.3) is 0 Å². The molecule has 2 rings (SSSR count). The predicted molar refractivity (Wildman–Crippen MR) is 523 cm³/mol. The van der Waals surface area contributed by atoms with Crippen LogP contribution in [0.2, 0.25) is 0 Å². The molecule has 150 heavy (non-hydrogen) atoms. The van der Waals surface area contributed by atoms with Gasteiger partial charge in [0.25, 0.3) is 0 Å². The smallest absolute Gasteiger partial charge is 0.326 e. The summed E-state index contributed by atoms with van der Waals surface area (Å²) in [4.78, 5) is 360. The number of carbonyl (C=O) groups excluding carboxylic acids is 23. The molecular formula is C88H144N32O30. The fraction of sp³-hybridized carbons (Fsp3) is 0.625. The van der Waals surface area contributed by atoms with Crippen LogP contribution in [0.1, 0.15) is 191 Å². The van der Waals surface area contributed by atoms with Gasteiger partial charge < -0.3 is 165 Å². The number of nitrogens with zero attached hydrogens (tertiary/aromatic N) is 2. The molecule has 0 unspecified atom stereocenters.